The Labute approximate surface area is 161 Å². The van der Waals surface area contributed by atoms with Crippen molar-refractivity contribution < 1.29 is 13.6 Å². The Balaban J connectivity index is 1.52. The van der Waals surface area contributed by atoms with Crippen LogP contribution in [0.1, 0.15) is 30.4 Å². The minimum Gasteiger partial charge on any atom is -0.380 e. The number of aliphatic imine (C=N–C) groups is 1. The van der Waals surface area contributed by atoms with Gasteiger partial charge in [-0.05, 0) is 42.8 Å². The average molecular weight is 380 g/mol. The second kappa shape index (κ2) is 7.04. The number of rotatable bonds is 4. The Bertz CT molecular complexity index is 996. The van der Waals surface area contributed by atoms with Crippen molar-refractivity contribution in [2.24, 2.45) is 4.99 Å². The van der Waals surface area contributed by atoms with Crippen LogP contribution in [0.25, 0.3) is 0 Å². The van der Waals surface area contributed by atoms with Gasteiger partial charge >= 0.3 is 0 Å². The second-order valence-corrected chi connectivity index (χ2v) is 7.06. The van der Waals surface area contributed by atoms with Gasteiger partial charge in [0.25, 0.3) is 0 Å². The Morgan fingerprint density at radius 2 is 2.00 bits per heavy atom. The van der Waals surface area contributed by atoms with Crippen LogP contribution in [-0.4, -0.2) is 35.3 Å². The predicted octanol–water partition coefficient (Wildman–Crippen LogP) is 3.43. The first-order valence-electron chi connectivity index (χ1n) is 9.03. The Kier molecular flexibility index (Phi) is 4.55. The van der Waals surface area contributed by atoms with Crippen molar-refractivity contribution in [3.8, 4) is 6.07 Å². The third-order valence-corrected chi connectivity index (χ3v) is 5.35. The van der Waals surface area contributed by atoms with Crippen LogP contribution in [0, 0.1) is 23.0 Å². The van der Waals surface area contributed by atoms with Gasteiger partial charge in [0.05, 0.1) is 24.6 Å². The first kappa shape index (κ1) is 18.1. The molecule has 142 valence electrons. The lowest BCUT2D eigenvalue weighted by atomic mass is 9.78. The molecule has 1 fully saturated rings. The van der Waals surface area contributed by atoms with Crippen molar-refractivity contribution in [3.63, 3.8) is 0 Å². The number of carbonyl (C=O) groups is 1. The number of nitrogens with one attached hydrogen (secondary N) is 1. The molecule has 4 rings (SSSR count). The van der Waals surface area contributed by atoms with E-state index >= 15 is 0 Å². The summed E-state index contributed by atoms with van der Waals surface area (Å²) in [5, 5.41) is 12.0. The summed E-state index contributed by atoms with van der Waals surface area (Å²) in [7, 11) is 0. The number of benzene rings is 2. The number of anilines is 1. The van der Waals surface area contributed by atoms with Crippen molar-refractivity contribution in [3.05, 3.63) is 65.2 Å². The molecule has 1 N–H and O–H groups in total. The molecule has 5 nitrogen and oxygen atoms in total. The van der Waals surface area contributed by atoms with E-state index < -0.39 is 17.8 Å². The zero-order valence-corrected chi connectivity index (χ0v) is 15.2. The molecule has 0 radical (unpaired) electrons. The third kappa shape index (κ3) is 3.11. The molecule has 0 aliphatic carbocycles. The first-order valence-corrected chi connectivity index (χ1v) is 9.03. The fourth-order valence-electron chi connectivity index (χ4n) is 3.92. The first-order chi connectivity index (χ1) is 13.5. The van der Waals surface area contributed by atoms with Crippen LogP contribution in [0.3, 0.4) is 0 Å². The van der Waals surface area contributed by atoms with Crippen molar-refractivity contribution >= 4 is 17.3 Å². The SMILES string of the molecule is CC1C(c2ccc(F)cc2F)C2N=C(CNc3ccc(C#N)cc3)CC(=O)N12. The molecule has 3 unspecified atom stereocenters. The summed E-state index contributed by atoms with van der Waals surface area (Å²) >= 11 is 0. The van der Waals surface area contributed by atoms with Gasteiger partial charge in [0, 0.05) is 29.4 Å². The highest BCUT2D eigenvalue weighted by Gasteiger charge is 2.51. The monoisotopic (exact) mass is 380 g/mol. The molecule has 0 spiro atoms. The van der Waals surface area contributed by atoms with E-state index in [1.165, 1.54) is 12.1 Å². The highest BCUT2D eigenvalue weighted by molar-refractivity contribution is 6.05. The van der Waals surface area contributed by atoms with E-state index in [-0.39, 0.29) is 24.3 Å². The van der Waals surface area contributed by atoms with Crippen LogP contribution in [0.4, 0.5) is 14.5 Å². The lowest BCUT2D eigenvalue weighted by Gasteiger charge is -2.54. The topological polar surface area (TPSA) is 68.5 Å². The molecule has 2 aliphatic rings. The van der Waals surface area contributed by atoms with Gasteiger partial charge in [-0.1, -0.05) is 6.07 Å². The van der Waals surface area contributed by atoms with E-state index in [2.05, 4.69) is 16.4 Å². The zero-order valence-electron chi connectivity index (χ0n) is 15.2. The molecule has 0 saturated carbocycles. The van der Waals surface area contributed by atoms with Crippen molar-refractivity contribution in [1.29, 1.82) is 5.26 Å². The fourth-order valence-corrected chi connectivity index (χ4v) is 3.92. The van der Waals surface area contributed by atoms with E-state index in [0.717, 1.165) is 11.8 Å². The molecular formula is C21H18F2N4O. The number of halogens is 2. The normalized spacial score (nSPS) is 23.4. The molecule has 2 aromatic rings. The largest absolute Gasteiger partial charge is 0.380 e. The molecule has 2 heterocycles. The fraction of sp³-hybridized carbons (Fsp3) is 0.286. The number of carbonyl (C=O) groups excluding carboxylic acids is 1. The smallest absolute Gasteiger partial charge is 0.230 e. The van der Waals surface area contributed by atoms with Crippen molar-refractivity contribution in [2.45, 2.75) is 31.5 Å². The predicted molar refractivity (Wildman–Crippen MR) is 101 cm³/mol. The molecule has 3 atom stereocenters. The van der Waals surface area contributed by atoms with Crippen molar-refractivity contribution in [2.75, 3.05) is 11.9 Å². The highest BCUT2D eigenvalue weighted by Crippen LogP contribution is 2.44. The van der Waals surface area contributed by atoms with Gasteiger partial charge in [-0.25, -0.2) is 8.78 Å². The average Bonchev–Trinajstić information content (AvgIpc) is 2.68. The van der Waals surface area contributed by atoms with Gasteiger partial charge in [0.15, 0.2) is 0 Å². The van der Waals surface area contributed by atoms with E-state index in [9.17, 15) is 13.6 Å². The Hall–Kier alpha value is -3.27. The van der Waals surface area contributed by atoms with E-state index in [4.69, 9.17) is 5.26 Å². The molecule has 28 heavy (non-hydrogen) atoms. The molecule has 1 amide bonds. The second-order valence-electron chi connectivity index (χ2n) is 7.06. The van der Waals surface area contributed by atoms with Crippen LogP contribution in [-0.2, 0) is 4.79 Å². The highest BCUT2D eigenvalue weighted by atomic mass is 19.1. The van der Waals surface area contributed by atoms with Gasteiger partial charge in [0.2, 0.25) is 5.91 Å². The standard InChI is InChI=1S/C21H18F2N4O/c1-12-20(17-7-4-14(22)8-18(17)23)21-26-16(9-19(28)27(12)21)11-25-15-5-2-13(10-24)3-6-15/h2-8,12,20-21,25H,9,11H2,1H3. The summed E-state index contributed by atoms with van der Waals surface area (Å²) in [4.78, 5) is 18.8. The number of hydrogen-bond acceptors (Lipinski definition) is 4. The van der Waals surface area contributed by atoms with E-state index in [0.29, 0.717) is 23.4 Å². The lowest BCUT2D eigenvalue weighted by molar-refractivity contribution is -0.146. The van der Waals surface area contributed by atoms with Gasteiger partial charge in [-0.15, -0.1) is 0 Å². The lowest BCUT2D eigenvalue weighted by Crippen LogP contribution is -2.65. The number of nitrogens with zero attached hydrogens (tertiary/aromatic N) is 3. The van der Waals surface area contributed by atoms with Crippen LogP contribution in [0.2, 0.25) is 0 Å². The van der Waals surface area contributed by atoms with Crippen LogP contribution in [0.15, 0.2) is 47.5 Å². The number of amides is 1. The zero-order chi connectivity index (χ0) is 19.8. The Morgan fingerprint density at radius 1 is 1.25 bits per heavy atom. The van der Waals surface area contributed by atoms with Crippen LogP contribution in [0.5, 0.6) is 0 Å². The van der Waals surface area contributed by atoms with Crippen molar-refractivity contribution in [1.82, 2.24) is 4.90 Å². The molecular weight excluding hydrogens is 362 g/mol. The van der Waals surface area contributed by atoms with E-state index in [1.807, 2.05) is 6.92 Å². The maximum Gasteiger partial charge on any atom is 0.230 e. The Morgan fingerprint density at radius 3 is 2.68 bits per heavy atom. The number of nitriles is 1. The summed E-state index contributed by atoms with van der Waals surface area (Å²) in [5.74, 6) is -1.57. The molecule has 2 aromatic carbocycles. The summed E-state index contributed by atoms with van der Waals surface area (Å²) < 4.78 is 27.5. The maximum atomic E-state index is 14.3. The van der Waals surface area contributed by atoms with Gasteiger partial charge in [-0.2, -0.15) is 5.26 Å². The molecule has 2 aliphatic heterocycles. The summed E-state index contributed by atoms with van der Waals surface area (Å²) in [6.07, 6.45) is -0.253. The van der Waals surface area contributed by atoms with Crippen LogP contribution < -0.4 is 5.32 Å². The van der Waals surface area contributed by atoms with Crippen LogP contribution >= 0.6 is 0 Å². The molecule has 1 saturated heterocycles. The number of hydrogen-bond donors (Lipinski definition) is 1. The summed E-state index contributed by atoms with van der Waals surface area (Å²) in [5.41, 5.74) is 2.46. The maximum absolute atomic E-state index is 14.3. The quantitative estimate of drug-likeness (QED) is 0.884. The summed E-state index contributed by atoms with van der Waals surface area (Å²) in [6.45, 7) is 2.24. The summed E-state index contributed by atoms with van der Waals surface area (Å²) in [6, 6.07) is 12.4. The minimum absolute atomic E-state index is 0.0390. The van der Waals surface area contributed by atoms with E-state index in [1.54, 1.807) is 29.2 Å². The third-order valence-electron chi connectivity index (χ3n) is 5.35. The molecule has 0 bridgehead atoms. The molecule has 7 heteroatoms. The van der Waals surface area contributed by atoms with Gasteiger partial charge in [-0.3, -0.25) is 9.79 Å². The molecule has 0 aromatic heterocycles. The van der Waals surface area contributed by atoms with Gasteiger partial charge < -0.3 is 10.2 Å². The number of fused-ring (bicyclic) bond motifs is 1. The van der Waals surface area contributed by atoms with Gasteiger partial charge in [0.1, 0.15) is 17.8 Å². The minimum atomic E-state index is -0.624.